The molecule has 21 rings (SSSR count). The number of fused-ring (bicyclic) bond motifs is 16. The molecule has 5 aliphatic rings. The van der Waals surface area contributed by atoms with Gasteiger partial charge in [0, 0.05) is 130 Å². The van der Waals surface area contributed by atoms with Gasteiger partial charge in [-0.15, -0.1) is 0 Å². The number of rotatable bonds is 8. The SMILES string of the molecule is CC(C)(C)S(=O)N=c1c2cc(Br)ccc2oc2cnc(Cl)cc12.CCOCOc1ncccc1Br.NC1(c2ccc[nH]c2=O)c2cc(Br)ccc2Oc2cnc(Cl)cc21.NC1=NC2(c3cc(-c4cccnc4F)ccc3Oc3cnc(-c4ccnc(F)c4)cc32)c2cccnc2O1.NC1=NC2(c3cc(Br)ccc3Oc3cnc(Cl)cc32)c2cccnc2O1.O=c1[nH]cccc1Br. The van der Waals surface area contributed by atoms with Gasteiger partial charge in [-0.3, -0.25) is 14.6 Å². The maximum Gasteiger partial charge on any atom is 0.290 e. The summed E-state index contributed by atoms with van der Waals surface area (Å²) in [4.78, 5) is 74.6. The Balaban J connectivity index is 0.000000121. The highest BCUT2D eigenvalue weighted by Gasteiger charge is 2.52. The number of halogens is 10. The van der Waals surface area contributed by atoms with Crippen molar-refractivity contribution in [2.24, 2.45) is 31.6 Å². The molecule has 0 saturated carbocycles. The molecular weight excluding hydrogens is 2100 g/mol. The zero-order valence-corrected chi connectivity index (χ0v) is 79.4. The van der Waals surface area contributed by atoms with Gasteiger partial charge in [0.15, 0.2) is 40.7 Å². The minimum atomic E-state index is -1.41. The van der Waals surface area contributed by atoms with Gasteiger partial charge in [-0.1, -0.05) is 88.7 Å². The number of hydrogen-bond donors (Lipinski definition) is 5. The van der Waals surface area contributed by atoms with E-state index in [0.717, 1.165) is 40.0 Å². The molecule has 4 unspecified atom stereocenters. The summed E-state index contributed by atoms with van der Waals surface area (Å²) >= 11 is 35.1. The lowest BCUT2D eigenvalue weighted by molar-refractivity contribution is 0.0192. The quantitative estimate of drug-likeness (QED) is 0.0408. The third kappa shape index (κ3) is 19.1. The van der Waals surface area contributed by atoms with Crippen LogP contribution < -0.4 is 62.1 Å². The molecule has 4 atom stereocenters. The van der Waals surface area contributed by atoms with Crippen molar-refractivity contribution in [1.29, 1.82) is 0 Å². The van der Waals surface area contributed by atoms with E-state index in [1.165, 1.54) is 24.7 Å². The number of amidine groups is 2. The highest BCUT2D eigenvalue weighted by atomic mass is 79.9. The van der Waals surface area contributed by atoms with Crippen LogP contribution >= 0.6 is 114 Å². The number of H-pyrrole nitrogens is 2. The van der Waals surface area contributed by atoms with Gasteiger partial charge in [0.05, 0.1) is 60.7 Å². The Morgan fingerprint density at radius 2 is 0.992 bits per heavy atom. The van der Waals surface area contributed by atoms with E-state index in [0.29, 0.717) is 145 Å². The van der Waals surface area contributed by atoms with Crippen LogP contribution in [0.15, 0.2) is 301 Å². The maximum atomic E-state index is 14.7. The molecule has 660 valence electrons. The van der Waals surface area contributed by atoms with E-state index in [1.54, 1.807) is 147 Å². The van der Waals surface area contributed by atoms with Crippen LogP contribution in [0.1, 0.15) is 77.8 Å². The lowest BCUT2D eigenvalue weighted by Crippen LogP contribution is -2.45. The fourth-order valence-corrected chi connectivity index (χ4v) is 17.3. The first-order chi connectivity index (χ1) is 63.0. The minimum Gasteiger partial charge on any atom is -0.455 e. The maximum absolute atomic E-state index is 14.7. The summed E-state index contributed by atoms with van der Waals surface area (Å²) in [6.07, 6.45) is 17.0. The average molecular weight is 2160 g/mol. The highest BCUT2D eigenvalue weighted by molar-refractivity contribution is 9.11. The molecule has 28 nitrogen and oxygen atoms in total. The molecule has 39 heteroatoms. The Labute approximate surface area is 802 Å². The molecule has 0 aliphatic carbocycles. The zero-order chi connectivity index (χ0) is 92.2. The molecule has 0 radical (unpaired) electrons. The molecule has 0 fully saturated rings. The second-order valence-electron chi connectivity index (χ2n) is 29.5. The third-order valence-electron chi connectivity index (χ3n) is 20.3. The second-order valence-corrected chi connectivity index (χ2v) is 37.0. The van der Waals surface area contributed by atoms with Crippen molar-refractivity contribution in [1.82, 2.24) is 54.8 Å². The lowest BCUT2D eigenvalue weighted by atomic mass is 9.74. The van der Waals surface area contributed by atoms with Crippen molar-refractivity contribution in [3.63, 3.8) is 0 Å². The number of pyridine rings is 11. The van der Waals surface area contributed by atoms with Gasteiger partial charge in [0.1, 0.15) is 54.8 Å². The van der Waals surface area contributed by atoms with E-state index >= 15 is 0 Å². The number of benzene rings is 4. The minimum absolute atomic E-state index is 0.0166. The summed E-state index contributed by atoms with van der Waals surface area (Å²) in [5.74, 6) is 3.12. The normalized spacial score (nSPS) is 16.2. The molecule has 17 heterocycles. The molecule has 0 bridgehead atoms. The van der Waals surface area contributed by atoms with Crippen LogP contribution in [-0.2, 0) is 32.3 Å². The number of nitrogens with two attached hydrogens (primary N) is 3. The van der Waals surface area contributed by atoms with Gasteiger partial charge in [-0.25, -0.2) is 54.1 Å². The van der Waals surface area contributed by atoms with Gasteiger partial charge < -0.3 is 64.7 Å². The summed E-state index contributed by atoms with van der Waals surface area (Å²) in [7, 11) is -1.41. The zero-order valence-electron chi connectivity index (χ0n) is 68.4. The number of aliphatic imine (C=N–C) groups is 2. The Kier molecular flexibility index (Phi) is 27.3. The van der Waals surface area contributed by atoms with Crippen LogP contribution in [0.2, 0.25) is 15.5 Å². The standard InChI is InChI=1S/C28H16F2N6O2.C18H10BrClN4O2.C17H11BrClN3O2.C16H14BrClN2O2S.C8H10BrNO2.C5H4BrNO/c29-24-12-16(7-10-32-24)21-13-20-23(14-35-21)37-22-6-5-15(17-3-1-8-33-25(17)30)11-19(22)28(20)18-4-2-9-34-26(18)38-27(31)36-28;19-9-3-4-13-11(6-9)18(12-7-15(20)23-8-14(12)25-13)10-2-1-5-22-16(10)26-17(21)24-18;18-9-3-4-13-11(6-9)17(20,10-2-1-5-21-16(10)23)12-7-15(19)22-8-14(12)24-13;1-16(2,3)23(21)20-15-10-6-9(17)4-5-12(10)22-13-8-19-14(18)7-11(13)15;1-2-11-6-12-8-7(9)4-3-5-10-8;6-4-2-1-3-7-5(4)8/h1-14H,(H2,31,36);1-8H,(H2,21,24);1-8H,20H2,(H,21,23);4-8H,1-3H3;3-5H,2,6H2,1H3;1-3H,(H,7,8). The Bertz CT molecular complexity index is 7310. The first kappa shape index (κ1) is 91.8. The number of nitrogens with one attached hydrogen (secondary N) is 2. The van der Waals surface area contributed by atoms with Crippen molar-refractivity contribution in [3.05, 3.63) is 376 Å². The van der Waals surface area contributed by atoms with Crippen molar-refractivity contribution >= 4 is 159 Å². The van der Waals surface area contributed by atoms with Crippen LogP contribution in [-0.4, -0.2) is 89.2 Å². The molecular formula is C92H65Br5Cl3F2N17O11S. The fraction of sp³-hybridized carbons (Fsp3) is 0.109. The van der Waals surface area contributed by atoms with Gasteiger partial charge in [0.25, 0.3) is 23.2 Å². The van der Waals surface area contributed by atoms with E-state index in [2.05, 4.69) is 139 Å². The molecule has 0 amide bonds. The molecule has 131 heavy (non-hydrogen) atoms. The highest BCUT2D eigenvalue weighted by Crippen LogP contribution is 2.59. The Morgan fingerprint density at radius 3 is 1.61 bits per heavy atom. The predicted molar refractivity (Wildman–Crippen MR) is 509 cm³/mol. The lowest BCUT2D eigenvalue weighted by Gasteiger charge is -2.40. The van der Waals surface area contributed by atoms with Gasteiger partial charge >= 0.3 is 0 Å². The molecule has 4 aromatic carbocycles. The predicted octanol–water partition coefficient (Wildman–Crippen LogP) is 20.6. The molecule has 5 aliphatic heterocycles. The van der Waals surface area contributed by atoms with Crippen molar-refractivity contribution in [3.8, 4) is 74.5 Å². The van der Waals surface area contributed by atoms with Crippen molar-refractivity contribution in [2.75, 3.05) is 13.4 Å². The summed E-state index contributed by atoms with van der Waals surface area (Å²) in [5.41, 5.74) is 24.0. The van der Waals surface area contributed by atoms with Crippen LogP contribution in [0.3, 0.4) is 0 Å². The second kappa shape index (κ2) is 38.9. The molecule has 2 spiro atoms. The molecule has 0 saturated heterocycles. The average Bonchev–Trinajstić information content (AvgIpc) is 0.705. The van der Waals surface area contributed by atoms with Gasteiger partial charge in [-0.05, 0) is 235 Å². The van der Waals surface area contributed by atoms with Crippen LogP contribution in [0.25, 0.3) is 44.3 Å². The van der Waals surface area contributed by atoms with Crippen molar-refractivity contribution < 1.29 is 50.6 Å². The first-order valence-corrected chi connectivity index (χ1v) is 45.3. The number of nitrogens with zero attached hydrogens (tertiary/aromatic N) is 12. The fourth-order valence-electron chi connectivity index (χ4n) is 14.5. The molecule has 16 aromatic rings. The first-order valence-electron chi connectivity index (χ1n) is 39.1. The smallest absolute Gasteiger partial charge is 0.290 e. The Hall–Kier alpha value is -12.5. The van der Waals surface area contributed by atoms with Gasteiger partial charge in [-0.2, -0.15) is 13.2 Å². The number of ether oxygens (including phenoxy) is 7. The van der Waals surface area contributed by atoms with Gasteiger partial charge in [0.2, 0.25) is 29.5 Å². The number of aromatic nitrogens is 11. The van der Waals surface area contributed by atoms with Crippen LogP contribution in [0.4, 0.5) is 8.78 Å². The summed E-state index contributed by atoms with van der Waals surface area (Å²) in [6.45, 7) is 8.45. The van der Waals surface area contributed by atoms with E-state index in [9.17, 15) is 22.6 Å². The molecule has 8 N–H and O–H groups in total. The van der Waals surface area contributed by atoms with E-state index in [1.807, 2.05) is 107 Å². The van der Waals surface area contributed by atoms with Crippen LogP contribution in [0.5, 0.6) is 52.1 Å². The van der Waals surface area contributed by atoms with E-state index in [-0.39, 0.29) is 41.0 Å². The largest absolute Gasteiger partial charge is 0.455 e. The summed E-state index contributed by atoms with van der Waals surface area (Å²) < 4.78 is 94.8. The van der Waals surface area contributed by atoms with E-state index in [4.69, 9.17) is 99.6 Å². The topological polar surface area (TPSA) is 392 Å². The van der Waals surface area contributed by atoms with E-state index < -0.39 is 44.2 Å². The number of aromatic amines is 2. The third-order valence-corrected chi connectivity index (χ3v) is 25.0. The summed E-state index contributed by atoms with van der Waals surface area (Å²) in [6, 6.07) is 53.0. The molecule has 12 aromatic heterocycles. The number of hydrogen-bond acceptors (Lipinski definition) is 25. The Morgan fingerprint density at radius 1 is 0.481 bits per heavy atom. The summed E-state index contributed by atoms with van der Waals surface area (Å²) in [5, 5.41) is 2.99. The van der Waals surface area contributed by atoms with Crippen molar-refractivity contribution in [2.45, 2.75) is 49.1 Å². The van der Waals surface area contributed by atoms with Crippen LogP contribution in [0, 0.1) is 11.9 Å². The monoisotopic (exact) mass is 2150 g/mol.